The van der Waals surface area contributed by atoms with E-state index < -0.39 is 0 Å². The number of amides is 1. The molecule has 2 aromatic heterocycles. The van der Waals surface area contributed by atoms with Gasteiger partial charge in [0.05, 0.1) is 19.5 Å². The Hall–Kier alpha value is -2.70. The first-order valence-corrected chi connectivity index (χ1v) is 5.53. The number of pyridine rings is 1. The Kier molecular flexibility index (Phi) is 3.87. The van der Waals surface area contributed by atoms with Crippen LogP contribution in [0.15, 0.2) is 30.7 Å². The topological polar surface area (TPSA) is 103 Å². The van der Waals surface area contributed by atoms with Gasteiger partial charge in [0, 0.05) is 18.8 Å². The first-order valence-electron chi connectivity index (χ1n) is 5.53. The summed E-state index contributed by atoms with van der Waals surface area (Å²) in [5, 5.41) is 2.71. The Balaban J connectivity index is 2.00. The molecule has 0 spiro atoms. The molecule has 1 amide bonds. The average molecular weight is 259 g/mol. The van der Waals surface area contributed by atoms with Gasteiger partial charge in [0.2, 0.25) is 5.88 Å². The zero-order valence-electron chi connectivity index (χ0n) is 10.3. The molecular formula is C12H13N5O2. The van der Waals surface area contributed by atoms with Gasteiger partial charge in [-0.15, -0.1) is 0 Å². The second kappa shape index (κ2) is 5.76. The largest absolute Gasteiger partial charge is 0.481 e. The van der Waals surface area contributed by atoms with E-state index in [0.29, 0.717) is 12.4 Å². The highest BCUT2D eigenvalue weighted by Crippen LogP contribution is 2.08. The Labute approximate surface area is 109 Å². The number of aromatic nitrogens is 3. The maximum Gasteiger partial charge on any atom is 0.271 e. The molecule has 0 unspecified atom stereocenters. The normalized spacial score (nSPS) is 9.95. The maximum absolute atomic E-state index is 11.8. The number of nitrogens with two attached hydrogens (primary N) is 1. The molecule has 2 heterocycles. The van der Waals surface area contributed by atoms with Crippen LogP contribution < -0.4 is 15.8 Å². The molecule has 7 nitrogen and oxygen atoms in total. The smallest absolute Gasteiger partial charge is 0.271 e. The summed E-state index contributed by atoms with van der Waals surface area (Å²) < 4.78 is 5.00. The predicted octanol–water partition coefficient (Wildman–Crippen LogP) is 0.392. The molecule has 0 saturated heterocycles. The number of anilines is 1. The molecule has 0 radical (unpaired) electrons. The van der Waals surface area contributed by atoms with Crippen LogP contribution in [-0.2, 0) is 6.54 Å². The number of methoxy groups -OCH3 is 1. The van der Waals surface area contributed by atoms with E-state index in [4.69, 9.17) is 10.5 Å². The van der Waals surface area contributed by atoms with Crippen LogP contribution >= 0.6 is 0 Å². The molecule has 0 saturated carbocycles. The van der Waals surface area contributed by atoms with E-state index >= 15 is 0 Å². The van der Waals surface area contributed by atoms with E-state index in [0.717, 1.165) is 5.56 Å². The molecule has 98 valence electrons. The predicted molar refractivity (Wildman–Crippen MR) is 68.4 cm³/mol. The Morgan fingerprint density at radius 1 is 1.47 bits per heavy atom. The van der Waals surface area contributed by atoms with Gasteiger partial charge >= 0.3 is 0 Å². The van der Waals surface area contributed by atoms with Crippen molar-refractivity contribution >= 4 is 11.7 Å². The molecular weight excluding hydrogens is 246 g/mol. The van der Waals surface area contributed by atoms with Gasteiger partial charge in [0.15, 0.2) is 0 Å². The fraction of sp³-hybridized carbons (Fsp3) is 0.167. The van der Waals surface area contributed by atoms with Crippen molar-refractivity contribution in [2.24, 2.45) is 0 Å². The van der Waals surface area contributed by atoms with Crippen molar-refractivity contribution in [1.29, 1.82) is 0 Å². The van der Waals surface area contributed by atoms with Gasteiger partial charge in [0.1, 0.15) is 11.5 Å². The molecule has 0 bridgehead atoms. The molecule has 2 rings (SSSR count). The van der Waals surface area contributed by atoms with Crippen molar-refractivity contribution in [2.75, 3.05) is 12.8 Å². The Bertz CT molecular complexity index is 588. The van der Waals surface area contributed by atoms with Gasteiger partial charge in [-0.2, -0.15) is 0 Å². The highest BCUT2D eigenvalue weighted by Gasteiger charge is 2.08. The van der Waals surface area contributed by atoms with Crippen LogP contribution in [0.2, 0.25) is 0 Å². The number of hydrogen-bond donors (Lipinski definition) is 2. The summed E-state index contributed by atoms with van der Waals surface area (Å²) in [6, 6.07) is 3.53. The molecule has 0 aliphatic rings. The zero-order valence-corrected chi connectivity index (χ0v) is 10.3. The number of carbonyl (C=O) groups excluding carboxylic acids is 1. The molecule has 7 heteroatoms. The van der Waals surface area contributed by atoms with E-state index in [1.807, 2.05) is 0 Å². The zero-order chi connectivity index (χ0) is 13.7. The summed E-state index contributed by atoms with van der Waals surface area (Å²) in [6.45, 7) is 0.341. The van der Waals surface area contributed by atoms with Crippen LogP contribution in [0.1, 0.15) is 16.1 Å². The van der Waals surface area contributed by atoms with E-state index in [-0.39, 0.29) is 17.4 Å². The summed E-state index contributed by atoms with van der Waals surface area (Å²) in [5.41, 5.74) is 6.52. The van der Waals surface area contributed by atoms with Gasteiger partial charge < -0.3 is 15.8 Å². The number of nitrogens with zero attached hydrogens (tertiary/aromatic N) is 3. The fourth-order valence-electron chi connectivity index (χ4n) is 1.44. The number of rotatable bonds is 4. The van der Waals surface area contributed by atoms with Crippen LogP contribution in [-0.4, -0.2) is 28.0 Å². The highest BCUT2D eigenvalue weighted by molar-refractivity contribution is 5.92. The highest BCUT2D eigenvalue weighted by atomic mass is 16.5. The first kappa shape index (κ1) is 12.7. The quantitative estimate of drug-likeness (QED) is 0.823. The van der Waals surface area contributed by atoms with Crippen molar-refractivity contribution in [1.82, 2.24) is 20.3 Å². The molecule has 19 heavy (non-hydrogen) atoms. The van der Waals surface area contributed by atoms with Crippen molar-refractivity contribution < 1.29 is 9.53 Å². The monoisotopic (exact) mass is 259 g/mol. The summed E-state index contributed by atoms with van der Waals surface area (Å²) in [6.07, 6.45) is 4.35. The van der Waals surface area contributed by atoms with Gasteiger partial charge in [-0.1, -0.05) is 0 Å². The fourth-order valence-corrected chi connectivity index (χ4v) is 1.44. The summed E-state index contributed by atoms with van der Waals surface area (Å²) in [7, 11) is 1.53. The lowest BCUT2D eigenvalue weighted by atomic mass is 10.2. The van der Waals surface area contributed by atoms with E-state index in [9.17, 15) is 4.79 Å². The number of ether oxygens (including phenoxy) is 1. The lowest BCUT2D eigenvalue weighted by molar-refractivity contribution is 0.0945. The molecule has 3 N–H and O–H groups in total. The van der Waals surface area contributed by atoms with Crippen LogP contribution in [0.3, 0.4) is 0 Å². The van der Waals surface area contributed by atoms with E-state index in [1.165, 1.54) is 19.5 Å². The third-order valence-electron chi connectivity index (χ3n) is 2.35. The Morgan fingerprint density at radius 2 is 2.32 bits per heavy atom. The average Bonchev–Trinajstić information content (AvgIpc) is 2.45. The van der Waals surface area contributed by atoms with Crippen LogP contribution in [0.25, 0.3) is 0 Å². The van der Waals surface area contributed by atoms with Crippen molar-refractivity contribution in [3.05, 3.63) is 42.0 Å². The van der Waals surface area contributed by atoms with Gasteiger partial charge in [0.25, 0.3) is 5.91 Å². The minimum atomic E-state index is -0.337. The van der Waals surface area contributed by atoms with Gasteiger partial charge in [-0.25, -0.2) is 9.97 Å². The van der Waals surface area contributed by atoms with Crippen LogP contribution in [0.5, 0.6) is 5.88 Å². The third-order valence-corrected chi connectivity index (χ3v) is 2.35. The van der Waals surface area contributed by atoms with Crippen LogP contribution in [0.4, 0.5) is 5.82 Å². The van der Waals surface area contributed by atoms with Gasteiger partial charge in [-0.3, -0.25) is 9.78 Å². The minimum Gasteiger partial charge on any atom is -0.481 e. The number of nitrogens with one attached hydrogen (secondary N) is 1. The van der Waals surface area contributed by atoms with E-state index in [1.54, 1.807) is 18.3 Å². The molecule has 0 aliphatic carbocycles. The number of nitrogen functional groups attached to an aromatic ring is 1. The summed E-state index contributed by atoms with van der Waals surface area (Å²) in [4.78, 5) is 23.5. The van der Waals surface area contributed by atoms with Crippen molar-refractivity contribution in [3.8, 4) is 5.88 Å². The number of hydrogen-bond acceptors (Lipinski definition) is 6. The van der Waals surface area contributed by atoms with Crippen LogP contribution in [0, 0.1) is 0 Å². The molecule has 0 atom stereocenters. The maximum atomic E-state index is 11.8. The third kappa shape index (κ3) is 3.38. The molecule has 0 aliphatic heterocycles. The molecule has 0 aromatic carbocycles. The first-order chi connectivity index (χ1) is 9.19. The summed E-state index contributed by atoms with van der Waals surface area (Å²) >= 11 is 0. The molecule has 0 fully saturated rings. The van der Waals surface area contributed by atoms with Crippen molar-refractivity contribution in [3.63, 3.8) is 0 Å². The van der Waals surface area contributed by atoms with E-state index in [2.05, 4.69) is 20.3 Å². The molecule has 2 aromatic rings. The summed E-state index contributed by atoms with van der Waals surface area (Å²) in [5.74, 6) is 0.365. The number of carbonyl (C=O) groups is 1. The second-order valence-electron chi connectivity index (χ2n) is 3.72. The minimum absolute atomic E-state index is 0.182. The second-order valence-corrected chi connectivity index (χ2v) is 3.72. The SMILES string of the molecule is COc1cc(CNC(=O)c2cncc(N)n2)ccn1. The lowest BCUT2D eigenvalue weighted by Crippen LogP contribution is -2.24. The standard InChI is InChI=1S/C12H13N5O2/c1-19-11-4-8(2-3-15-11)5-16-12(18)9-6-14-7-10(13)17-9/h2-4,6-7H,5H2,1H3,(H2,13,17)(H,16,18). The Morgan fingerprint density at radius 3 is 3.05 bits per heavy atom. The van der Waals surface area contributed by atoms with Crippen molar-refractivity contribution in [2.45, 2.75) is 6.54 Å². The lowest BCUT2D eigenvalue weighted by Gasteiger charge is -2.06. The van der Waals surface area contributed by atoms with Gasteiger partial charge in [-0.05, 0) is 11.6 Å².